The maximum absolute atomic E-state index is 12.1. The number of nitrogens with one attached hydrogen (secondary N) is 2. The minimum atomic E-state index is -0.686. The molecule has 0 heterocycles. The number of amides is 2. The van der Waals surface area contributed by atoms with E-state index in [4.69, 9.17) is 0 Å². The Morgan fingerprint density at radius 3 is 2.24 bits per heavy atom. The summed E-state index contributed by atoms with van der Waals surface area (Å²) in [4.78, 5) is 23.4. The number of benzene rings is 1. The average Bonchev–Trinajstić information content (AvgIpc) is 2.32. The van der Waals surface area contributed by atoms with Gasteiger partial charge in [-0.1, -0.05) is 15.9 Å². The molecule has 0 atom stereocenters. The van der Waals surface area contributed by atoms with Gasteiger partial charge in [0.1, 0.15) is 0 Å². The third-order valence-electron chi connectivity index (χ3n) is 3.00. The highest BCUT2D eigenvalue weighted by Crippen LogP contribution is 2.25. The molecule has 0 aliphatic rings. The first kappa shape index (κ1) is 17.5. The molecule has 1 rings (SSSR count). The zero-order valence-corrected chi connectivity index (χ0v) is 14.6. The summed E-state index contributed by atoms with van der Waals surface area (Å²) in [7, 11) is 1.33. The van der Waals surface area contributed by atoms with Crippen molar-refractivity contribution < 1.29 is 14.3 Å². The molecule has 0 bridgehead atoms. The van der Waals surface area contributed by atoms with E-state index in [0.29, 0.717) is 0 Å². The fourth-order valence-corrected chi connectivity index (χ4v) is 2.72. The highest BCUT2D eigenvalue weighted by molar-refractivity contribution is 9.10. The van der Waals surface area contributed by atoms with Crippen LogP contribution in [0.1, 0.15) is 31.4 Å². The summed E-state index contributed by atoms with van der Waals surface area (Å²) in [6.07, 6.45) is 0.106. The number of hydrogen-bond donors (Lipinski definition) is 2. The quantitative estimate of drug-likeness (QED) is 0.810. The molecule has 5 nitrogen and oxygen atoms in total. The maximum Gasteiger partial charge on any atom is 0.319 e. The van der Waals surface area contributed by atoms with E-state index in [2.05, 4.69) is 31.3 Å². The molecule has 21 heavy (non-hydrogen) atoms. The maximum atomic E-state index is 12.1. The topological polar surface area (TPSA) is 67.4 Å². The number of aryl methyl sites for hydroxylation is 2. The molecule has 2 N–H and O–H groups in total. The second-order valence-electron chi connectivity index (χ2n) is 5.63. The molecule has 0 aromatic heterocycles. The van der Waals surface area contributed by atoms with E-state index in [0.717, 1.165) is 21.3 Å². The van der Waals surface area contributed by atoms with E-state index in [1.165, 1.54) is 7.11 Å². The van der Waals surface area contributed by atoms with Crippen LogP contribution in [0.25, 0.3) is 0 Å². The summed E-state index contributed by atoms with van der Waals surface area (Å²) in [5.74, 6) is -0.365. The summed E-state index contributed by atoms with van der Waals surface area (Å²) in [5.41, 5.74) is 2.00. The van der Waals surface area contributed by atoms with Crippen LogP contribution in [0.3, 0.4) is 0 Å². The number of carbonyl (C=O) groups is 2. The highest BCUT2D eigenvalue weighted by Gasteiger charge is 2.25. The van der Waals surface area contributed by atoms with Crippen LogP contribution in [-0.4, -0.2) is 24.6 Å². The van der Waals surface area contributed by atoms with Crippen molar-refractivity contribution in [2.24, 2.45) is 0 Å². The van der Waals surface area contributed by atoms with Crippen molar-refractivity contribution in [2.45, 2.75) is 39.7 Å². The number of esters is 1. The molecule has 1 aromatic carbocycles. The van der Waals surface area contributed by atoms with Crippen LogP contribution < -0.4 is 10.6 Å². The van der Waals surface area contributed by atoms with Crippen molar-refractivity contribution >= 4 is 33.6 Å². The Bertz CT molecular complexity index is 533. The molecule has 0 radical (unpaired) electrons. The molecule has 0 saturated heterocycles. The molecule has 0 unspecified atom stereocenters. The number of halogens is 1. The van der Waals surface area contributed by atoms with Gasteiger partial charge in [-0.3, -0.25) is 4.79 Å². The van der Waals surface area contributed by atoms with Crippen molar-refractivity contribution in [1.29, 1.82) is 0 Å². The lowest BCUT2D eigenvalue weighted by Gasteiger charge is -2.25. The molecule has 116 valence electrons. The lowest BCUT2D eigenvalue weighted by atomic mass is 10.0. The van der Waals surface area contributed by atoms with Crippen LogP contribution in [0.2, 0.25) is 0 Å². The monoisotopic (exact) mass is 356 g/mol. The summed E-state index contributed by atoms with van der Waals surface area (Å²) in [6.45, 7) is 7.38. The van der Waals surface area contributed by atoms with Gasteiger partial charge in [0.2, 0.25) is 0 Å². The van der Waals surface area contributed by atoms with E-state index < -0.39 is 5.54 Å². The normalized spacial score (nSPS) is 11.0. The van der Waals surface area contributed by atoms with E-state index in [-0.39, 0.29) is 18.4 Å². The van der Waals surface area contributed by atoms with Crippen molar-refractivity contribution in [3.05, 3.63) is 27.7 Å². The van der Waals surface area contributed by atoms with Crippen molar-refractivity contribution in [1.82, 2.24) is 5.32 Å². The van der Waals surface area contributed by atoms with Gasteiger partial charge in [-0.2, -0.15) is 0 Å². The van der Waals surface area contributed by atoms with Crippen molar-refractivity contribution in [2.75, 3.05) is 12.4 Å². The third-order valence-corrected chi connectivity index (χ3v) is 3.46. The zero-order chi connectivity index (χ0) is 16.2. The summed E-state index contributed by atoms with van der Waals surface area (Å²) < 4.78 is 5.59. The molecule has 0 fully saturated rings. The predicted octanol–water partition coefficient (Wildman–Crippen LogP) is 3.53. The highest BCUT2D eigenvalue weighted by atomic mass is 79.9. The third kappa shape index (κ3) is 5.38. The smallest absolute Gasteiger partial charge is 0.319 e. The lowest BCUT2D eigenvalue weighted by Crippen LogP contribution is -2.47. The lowest BCUT2D eigenvalue weighted by molar-refractivity contribution is -0.141. The van der Waals surface area contributed by atoms with Gasteiger partial charge in [0.15, 0.2) is 0 Å². The Kier molecular flexibility index (Phi) is 5.78. The van der Waals surface area contributed by atoms with E-state index in [1.54, 1.807) is 13.8 Å². The van der Waals surface area contributed by atoms with Crippen LogP contribution in [0, 0.1) is 13.8 Å². The van der Waals surface area contributed by atoms with Gasteiger partial charge < -0.3 is 15.4 Å². The number of methoxy groups -OCH3 is 1. The number of hydrogen-bond acceptors (Lipinski definition) is 3. The van der Waals surface area contributed by atoms with Gasteiger partial charge in [0, 0.05) is 15.7 Å². The second kappa shape index (κ2) is 6.93. The zero-order valence-electron chi connectivity index (χ0n) is 13.0. The molecule has 0 spiro atoms. The summed E-state index contributed by atoms with van der Waals surface area (Å²) in [6, 6.07) is 3.52. The Labute approximate surface area is 133 Å². The average molecular weight is 357 g/mol. The van der Waals surface area contributed by atoms with Crippen LogP contribution in [0.5, 0.6) is 0 Å². The largest absolute Gasteiger partial charge is 0.469 e. The summed E-state index contributed by atoms with van der Waals surface area (Å²) >= 11 is 3.42. The number of ether oxygens (including phenoxy) is 1. The molecule has 1 aromatic rings. The van der Waals surface area contributed by atoms with Crippen molar-refractivity contribution in [3.8, 4) is 0 Å². The number of anilines is 1. The van der Waals surface area contributed by atoms with Gasteiger partial charge in [-0.05, 0) is 51.0 Å². The molecule has 6 heteroatoms. The number of carbonyl (C=O) groups excluding carboxylic acids is 2. The van der Waals surface area contributed by atoms with E-state index >= 15 is 0 Å². The molecule has 0 aliphatic heterocycles. The second-order valence-corrected chi connectivity index (χ2v) is 6.55. The molecule has 0 saturated carbocycles. The minimum absolute atomic E-state index is 0.106. The predicted molar refractivity (Wildman–Crippen MR) is 86.5 cm³/mol. The molecular weight excluding hydrogens is 336 g/mol. The first-order chi connectivity index (χ1) is 9.64. The fraction of sp³-hybridized carbons (Fsp3) is 0.467. The van der Waals surface area contributed by atoms with Crippen LogP contribution >= 0.6 is 15.9 Å². The fourth-order valence-electron chi connectivity index (χ4n) is 2.04. The minimum Gasteiger partial charge on any atom is -0.469 e. The standard InChI is InChI=1S/C15H21BrN2O3/c1-9-6-11(16)7-10(2)13(9)17-14(20)18-15(3,4)8-12(19)21-5/h6-7H,8H2,1-5H3,(H2,17,18,20). The van der Waals surface area contributed by atoms with E-state index in [1.807, 2.05) is 26.0 Å². The van der Waals surface area contributed by atoms with E-state index in [9.17, 15) is 9.59 Å². The Morgan fingerprint density at radius 1 is 1.24 bits per heavy atom. The van der Waals surface area contributed by atoms with Gasteiger partial charge in [0.25, 0.3) is 0 Å². The first-order valence-corrected chi connectivity index (χ1v) is 7.36. The van der Waals surface area contributed by atoms with Crippen molar-refractivity contribution in [3.63, 3.8) is 0 Å². The van der Waals surface area contributed by atoms with Crippen LogP contribution in [0.4, 0.5) is 10.5 Å². The molecule has 0 aliphatic carbocycles. The van der Waals surface area contributed by atoms with Gasteiger partial charge in [0.05, 0.1) is 13.5 Å². The van der Waals surface area contributed by atoms with Crippen LogP contribution in [-0.2, 0) is 9.53 Å². The Hall–Kier alpha value is -1.56. The van der Waals surface area contributed by atoms with Gasteiger partial charge >= 0.3 is 12.0 Å². The number of urea groups is 1. The molecular formula is C15H21BrN2O3. The Balaban J connectivity index is 2.76. The SMILES string of the molecule is COC(=O)CC(C)(C)NC(=O)Nc1c(C)cc(Br)cc1C. The van der Waals surface area contributed by atoms with Gasteiger partial charge in [-0.25, -0.2) is 4.79 Å². The number of rotatable bonds is 4. The molecule has 2 amide bonds. The van der Waals surface area contributed by atoms with Crippen LogP contribution in [0.15, 0.2) is 16.6 Å². The summed E-state index contributed by atoms with van der Waals surface area (Å²) in [5, 5.41) is 5.61. The van der Waals surface area contributed by atoms with Gasteiger partial charge in [-0.15, -0.1) is 0 Å². The Morgan fingerprint density at radius 2 is 1.76 bits per heavy atom. The first-order valence-electron chi connectivity index (χ1n) is 6.57.